The quantitative estimate of drug-likeness (QED) is 0.519. The fourth-order valence-electron chi connectivity index (χ4n) is 3.27. The SMILES string of the molecule is COc1ccc2c(ccn2CCNC(=O)CCc2nnc3ccccn3c2=O)c1. The smallest absolute Gasteiger partial charge is 0.279 e. The lowest BCUT2D eigenvalue weighted by Gasteiger charge is -2.08. The van der Waals surface area contributed by atoms with Gasteiger partial charge in [-0.05, 0) is 36.4 Å². The lowest BCUT2D eigenvalue weighted by Crippen LogP contribution is -2.29. The van der Waals surface area contributed by atoms with Crippen LogP contribution in [0.2, 0.25) is 0 Å². The van der Waals surface area contributed by atoms with Crippen molar-refractivity contribution in [2.24, 2.45) is 0 Å². The summed E-state index contributed by atoms with van der Waals surface area (Å²) in [5.74, 6) is 0.693. The van der Waals surface area contributed by atoms with E-state index in [1.54, 1.807) is 31.5 Å². The minimum absolute atomic E-state index is 0.123. The van der Waals surface area contributed by atoms with E-state index >= 15 is 0 Å². The summed E-state index contributed by atoms with van der Waals surface area (Å²) in [6.45, 7) is 1.15. The van der Waals surface area contributed by atoms with E-state index in [1.807, 2.05) is 30.5 Å². The number of carbonyl (C=O) groups excluding carboxylic acids is 1. The Labute approximate surface area is 166 Å². The molecule has 0 atom stereocenters. The highest BCUT2D eigenvalue weighted by Crippen LogP contribution is 2.21. The van der Waals surface area contributed by atoms with Crippen molar-refractivity contribution < 1.29 is 9.53 Å². The molecule has 0 bridgehead atoms. The zero-order chi connectivity index (χ0) is 20.2. The van der Waals surface area contributed by atoms with Crippen molar-refractivity contribution in [3.8, 4) is 5.75 Å². The van der Waals surface area contributed by atoms with E-state index in [4.69, 9.17) is 4.74 Å². The molecule has 0 saturated carbocycles. The van der Waals surface area contributed by atoms with E-state index in [9.17, 15) is 9.59 Å². The summed E-state index contributed by atoms with van der Waals surface area (Å²) in [6, 6.07) is 13.2. The van der Waals surface area contributed by atoms with Crippen molar-refractivity contribution in [1.29, 1.82) is 0 Å². The first-order chi connectivity index (χ1) is 14.2. The number of fused-ring (bicyclic) bond motifs is 2. The maximum atomic E-state index is 12.4. The van der Waals surface area contributed by atoms with Crippen LogP contribution in [-0.2, 0) is 17.8 Å². The van der Waals surface area contributed by atoms with E-state index in [0.29, 0.717) is 18.7 Å². The second-order valence-electron chi connectivity index (χ2n) is 6.66. The van der Waals surface area contributed by atoms with Crippen LogP contribution in [-0.4, -0.2) is 38.7 Å². The Kier molecular flexibility index (Phi) is 5.24. The number of rotatable bonds is 7. The van der Waals surface area contributed by atoms with Crippen molar-refractivity contribution in [1.82, 2.24) is 24.5 Å². The van der Waals surface area contributed by atoms with Crippen molar-refractivity contribution in [2.45, 2.75) is 19.4 Å². The standard InChI is InChI=1S/C21H21N5O3/c1-29-16-5-7-18-15(14-16)9-12-25(18)13-10-22-20(27)8-6-17-21(28)26-11-3-2-4-19(26)24-23-17/h2-5,7,9,11-12,14H,6,8,10,13H2,1H3,(H,22,27). The maximum Gasteiger partial charge on any atom is 0.279 e. The van der Waals surface area contributed by atoms with Crippen LogP contribution in [0.1, 0.15) is 12.1 Å². The summed E-state index contributed by atoms with van der Waals surface area (Å²) >= 11 is 0. The summed E-state index contributed by atoms with van der Waals surface area (Å²) in [5.41, 5.74) is 1.62. The number of carbonyl (C=O) groups is 1. The summed E-state index contributed by atoms with van der Waals surface area (Å²) in [5, 5.41) is 12.0. The maximum absolute atomic E-state index is 12.4. The van der Waals surface area contributed by atoms with Crippen LogP contribution in [0.25, 0.3) is 16.6 Å². The molecule has 3 heterocycles. The number of ether oxygens (including phenoxy) is 1. The van der Waals surface area contributed by atoms with E-state index in [0.717, 1.165) is 16.7 Å². The first-order valence-corrected chi connectivity index (χ1v) is 9.38. The Morgan fingerprint density at radius 3 is 2.90 bits per heavy atom. The Hall–Kier alpha value is -3.68. The number of nitrogens with one attached hydrogen (secondary N) is 1. The first-order valence-electron chi connectivity index (χ1n) is 9.38. The molecular formula is C21H21N5O3. The Balaban J connectivity index is 1.32. The molecule has 0 aliphatic carbocycles. The van der Waals surface area contributed by atoms with E-state index in [1.165, 1.54) is 4.40 Å². The lowest BCUT2D eigenvalue weighted by molar-refractivity contribution is -0.121. The summed E-state index contributed by atoms with van der Waals surface area (Å²) in [7, 11) is 1.64. The molecule has 0 aliphatic heterocycles. The van der Waals surface area contributed by atoms with Crippen molar-refractivity contribution in [3.63, 3.8) is 0 Å². The second kappa shape index (κ2) is 8.14. The number of nitrogens with zero attached hydrogens (tertiary/aromatic N) is 4. The Morgan fingerprint density at radius 1 is 1.14 bits per heavy atom. The largest absolute Gasteiger partial charge is 0.497 e. The third kappa shape index (κ3) is 3.96. The van der Waals surface area contributed by atoms with Gasteiger partial charge in [-0.2, -0.15) is 0 Å². The first kappa shape index (κ1) is 18.7. The van der Waals surface area contributed by atoms with Crippen LogP contribution in [0.3, 0.4) is 0 Å². The van der Waals surface area contributed by atoms with Crippen molar-refractivity contribution >= 4 is 22.5 Å². The average molecular weight is 391 g/mol. The van der Waals surface area contributed by atoms with Crippen LogP contribution in [0.4, 0.5) is 0 Å². The van der Waals surface area contributed by atoms with Gasteiger partial charge < -0.3 is 14.6 Å². The highest BCUT2D eigenvalue weighted by atomic mass is 16.5. The van der Waals surface area contributed by atoms with Gasteiger partial charge >= 0.3 is 0 Å². The fourth-order valence-corrected chi connectivity index (χ4v) is 3.27. The number of benzene rings is 1. The molecule has 3 aromatic heterocycles. The Bertz CT molecular complexity index is 1230. The van der Waals surface area contributed by atoms with Gasteiger partial charge in [-0.15, -0.1) is 10.2 Å². The molecule has 0 fully saturated rings. The van der Waals surface area contributed by atoms with E-state index in [2.05, 4.69) is 20.1 Å². The third-order valence-electron chi connectivity index (χ3n) is 4.82. The zero-order valence-electron chi connectivity index (χ0n) is 16.0. The molecule has 4 rings (SSSR count). The molecule has 1 amide bonds. The van der Waals surface area contributed by atoms with Crippen molar-refractivity contribution in [2.75, 3.05) is 13.7 Å². The molecule has 0 spiro atoms. The molecule has 0 aliphatic rings. The molecular weight excluding hydrogens is 370 g/mol. The van der Waals surface area contributed by atoms with Crippen LogP contribution in [0.5, 0.6) is 5.75 Å². The summed E-state index contributed by atoms with van der Waals surface area (Å²) in [6.07, 6.45) is 4.07. The predicted octanol–water partition coefficient (Wildman–Crippen LogP) is 1.80. The van der Waals surface area contributed by atoms with Crippen molar-refractivity contribution in [3.05, 3.63) is 70.9 Å². The average Bonchev–Trinajstić information content (AvgIpc) is 3.15. The van der Waals surface area contributed by atoms with Gasteiger partial charge in [0.15, 0.2) is 5.65 Å². The fraction of sp³-hybridized carbons (Fsp3) is 0.238. The number of pyridine rings is 1. The minimum atomic E-state index is -0.238. The molecule has 1 aromatic carbocycles. The molecule has 8 heteroatoms. The Morgan fingerprint density at radius 2 is 2.03 bits per heavy atom. The number of aryl methyl sites for hydroxylation is 1. The highest BCUT2D eigenvalue weighted by molar-refractivity contribution is 5.81. The van der Waals surface area contributed by atoms with Gasteiger partial charge in [-0.25, -0.2) is 0 Å². The highest BCUT2D eigenvalue weighted by Gasteiger charge is 2.09. The van der Waals surface area contributed by atoms with Gasteiger partial charge in [0.25, 0.3) is 5.56 Å². The number of hydrogen-bond acceptors (Lipinski definition) is 5. The van der Waals surface area contributed by atoms with Crippen LogP contribution in [0.15, 0.2) is 59.7 Å². The molecule has 4 aromatic rings. The monoisotopic (exact) mass is 391 g/mol. The molecule has 0 saturated heterocycles. The van der Waals surface area contributed by atoms with Gasteiger partial charge in [0.1, 0.15) is 11.4 Å². The number of amides is 1. The van der Waals surface area contributed by atoms with E-state index < -0.39 is 0 Å². The molecule has 8 nitrogen and oxygen atoms in total. The van der Waals surface area contributed by atoms with Gasteiger partial charge in [-0.3, -0.25) is 14.0 Å². The second-order valence-corrected chi connectivity index (χ2v) is 6.66. The normalized spacial score (nSPS) is 11.1. The topological polar surface area (TPSA) is 90.5 Å². The van der Waals surface area contributed by atoms with Crippen LogP contribution >= 0.6 is 0 Å². The molecule has 29 heavy (non-hydrogen) atoms. The molecule has 0 radical (unpaired) electrons. The van der Waals surface area contributed by atoms with Gasteiger partial charge in [0.2, 0.25) is 5.91 Å². The summed E-state index contributed by atoms with van der Waals surface area (Å²) < 4.78 is 8.76. The lowest BCUT2D eigenvalue weighted by atomic mass is 10.2. The summed E-state index contributed by atoms with van der Waals surface area (Å²) in [4.78, 5) is 24.6. The minimum Gasteiger partial charge on any atom is -0.497 e. The number of hydrogen-bond donors (Lipinski definition) is 1. The zero-order valence-corrected chi connectivity index (χ0v) is 16.0. The number of aromatic nitrogens is 4. The molecule has 0 unspecified atom stereocenters. The van der Waals surface area contributed by atoms with Gasteiger partial charge in [0.05, 0.1) is 7.11 Å². The van der Waals surface area contributed by atoms with Gasteiger partial charge in [-0.1, -0.05) is 6.07 Å². The molecule has 148 valence electrons. The third-order valence-corrected chi connectivity index (χ3v) is 4.82. The van der Waals surface area contributed by atoms with Gasteiger partial charge in [0, 0.05) is 49.2 Å². The molecule has 1 N–H and O–H groups in total. The number of methoxy groups -OCH3 is 1. The predicted molar refractivity (Wildman–Crippen MR) is 109 cm³/mol. The van der Waals surface area contributed by atoms with Crippen LogP contribution in [0, 0.1) is 0 Å². The van der Waals surface area contributed by atoms with Crippen LogP contribution < -0.4 is 15.6 Å². The van der Waals surface area contributed by atoms with E-state index in [-0.39, 0.29) is 30.0 Å².